The third-order valence-electron chi connectivity index (χ3n) is 4.51. The molecule has 2 heterocycles. The van der Waals surface area contributed by atoms with Crippen LogP contribution in [0.25, 0.3) is 16.7 Å². The smallest absolute Gasteiger partial charge is 0.251 e. The first-order chi connectivity index (χ1) is 12.6. The number of ether oxygens (including phenoxy) is 1. The Morgan fingerprint density at radius 2 is 2.12 bits per heavy atom. The minimum atomic E-state index is -0.922. The number of carbonyl (C=O) groups is 1. The number of nitrogens with one attached hydrogen (secondary N) is 1. The molecule has 0 radical (unpaired) electrons. The molecule has 1 unspecified atom stereocenters. The van der Waals surface area contributed by atoms with Gasteiger partial charge >= 0.3 is 0 Å². The van der Waals surface area contributed by atoms with Crippen molar-refractivity contribution in [1.29, 1.82) is 0 Å². The van der Waals surface area contributed by atoms with E-state index in [0.29, 0.717) is 28.8 Å². The fraction of sp³-hybridized carbons (Fsp3) is 0.263. The number of imidazole rings is 1. The topological polar surface area (TPSA) is 56.1 Å². The third-order valence-corrected chi connectivity index (χ3v) is 4.51. The number of rotatable bonds is 4. The highest BCUT2D eigenvalue weighted by atomic mass is 19.2. The Hall–Kier alpha value is -2.80. The van der Waals surface area contributed by atoms with E-state index in [1.807, 2.05) is 0 Å². The molecule has 134 valence electrons. The number of hydrogen-bond donors (Lipinski definition) is 1. The van der Waals surface area contributed by atoms with Crippen LogP contribution in [-0.2, 0) is 4.74 Å². The SMILES string of the molecule is O=C(NCC1CCCO1)c1ccc2c(c1)ncn2-c1ccc(F)c(F)c1. The molecular formula is C19H17F2N3O2. The Morgan fingerprint density at radius 1 is 1.23 bits per heavy atom. The Morgan fingerprint density at radius 3 is 2.88 bits per heavy atom. The quantitative estimate of drug-likeness (QED) is 0.780. The zero-order valence-corrected chi connectivity index (χ0v) is 13.9. The summed E-state index contributed by atoms with van der Waals surface area (Å²) in [7, 11) is 0. The maximum absolute atomic E-state index is 13.5. The van der Waals surface area contributed by atoms with Crippen LogP contribution in [0, 0.1) is 11.6 Å². The molecule has 0 bridgehead atoms. The molecule has 0 spiro atoms. The molecule has 1 atom stereocenters. The molecule has 1 aliphatic heterocycles. The lowest BCUT2D eigenvalue weighted by molar-refractivity contribution is 0.0858. The lowest BCUT2D eigenvalue weighted by atomic mass is 10.1. The van der Waals surface area contributed by atoms with E-state index in [2.05, 4.69) is 10.3 Å². The van der Waals surface area contributed by atoms with Crippen molar-refractivity contribution in [2.75, 3.05) is 13.2 Å². The number of halogens is 2. The Bertz CT molecular complexity index is 965. The second-order valence-electron chi connectivity index (χ2n) is 6.26. The Kier molecular flexibility index (Phi) is 4.38. The molecule has 1 aromatic heterocycles. The standard InChI is InChI=1S/C19H17F2N3O2/c20-15-5-4-13(9-16(15)21)24-11-23-17-8-12(3-6-18(17)24)19(25)22-10-14-2-1-7-26-14/h3-6,8-9,11,14H,1-2,7,10H2,(H,22,25). The zero-order valence-electron chi connectivity index (χ0n) is 13.9. The first kappa shape index (κ1) is 16.7. The summed E-state index contributed by atoms with van der Waals surface area (Å²) in [6.07, 6.45) is 3.58. The molecule has 1 saturated heterocycles. The summed E-state index contributed by atoms with van der Waals surface area (Å²) in [6, 6.07) is 8.76. The molecular weight excluding hydrogens is 340 g/mol. The zero-order chi connectivity index (χ0) is 18.1. The highest BCUT2D eigenvalue weighted by Crippen LogP contribution is 2.21. The van der Waals surface area contributed by atoms with Gasteiger partial charge in [-0.05, 0) is 43.2 Å². The van der Waals surface area contributed by atoms with Gasteiger partial charge in [0.25, 0.3) is 5.91 Å². The van der Waals surface area contributed by atoms with Crippen LogP contribution in [-0.4, -0.2) is 34.7 Å². The minimum absolute atomic E-state index is 0.0789. The van der Waals surface area contributed by atoms with Gasteiger partial charge in [0.2, 0.25) is 0 Å². The highest BCUT2D eigenvalue weighted by Gasteiger charge is 2.17. The average molecular weight is 357 g/mol. The fourth-order valence-electron chi connectivity index (χ4n) is 3.11. The van der Waals surface area contributed by atoms with Gasteiger partial charge < -0.3 is 10.1 Å². The fourth-order valence-corrected chi connectivity index (χ4v) is 3.11. The van der Waals surface area contributed by atoms with E-state index in [9.17, 15) is 13.6 Å². The summed E-state index contributed by atoms with van der Waals surface area (Å²) in [5, 5.41) is 2.87. The molecule has 7 heteroatoms. The number of benzene rings is 2. The van der Waals surface area contributed by atoms with Crippen molar-refractivity contribution in [1.82, 2.24) is 14.9 Å². The number of carbonyl (C=O) groups excluding carboxylic acids is 1. The largest absolute Gasteiger partial charge is 0.376 e. The van der Waals surface area contributed by atoms with Crippen molar-refractivity contribution in [3.05, 3.63) is 59.9 Å². The summed E-state index contributed by atoms with van der Waals surface area (Å²) < 4.78 is 33.7. The van der Waals surface area contributed by atoms with Gasteiger partial charge in [-0.25, -0.2) is 13.8 Å². The van der Waals surface area contributed by atoms with E-state index in [4.69, 9.17) is 4.74 Å². The summed E-state index contributed by atoms with van der Waals surface area (Å²) in [4.78, 5) is 16.6. The van der Waals surface area contributed by atoms with E-state index < -0.39 is 11.6 Å². The first-order valence-electron chi connectivity index (χ1n) is 8.44. The number of aromatic nitrogens is 2. The van der Waals surface area contributed by atoms with E-state index in [1.165, 1.54) is 12.4 Å². The van der Waals surface area contributed by atoms with Crippen molar-refractivity contribution in [3.8, 4) is 5.69 Å². The molecule has 1 fully saturated rings. The van der Waals surface area contributed by atoms with Crippen molar-refractivity contribution < 1.29 is 18.3 Å². The maximum Gasteiger partial charge on any atom is 0.251 e. The summed E-state index contributed by atoms with van der Waals surface area (Å²) in [5.74, 6) is -2.01. The summed E-state index contributed by atoms with van der Waals surface area (Å²) in [5.41, 5.74) is 2.25. The molecule has 0 saturated carbocycles. The van der Waals surface area contributed by atoms with E-state index in [1.54, 1.807) is 22.8 Å². The van der Waals surface area contributed by atoms with Gasteiger partial charge in [0.05, 0.1) is 22.8 Å². The number of hydrogen-bond acceptors (Lipinski definition) is 3. The molecule has 2 aromatic carbocycles. The number of fused-ring (bicyclic) bond motifs is 1. The molecule has 1 amide bonds. The van der Waals surface area contributed by atoms with Crippen LogP contribution in [0.1, 0.15) is 23.2 Å². The molecule has 26 heavy (non-hydrogen) atoms. The summed E-state index contributed by atoms with van der Waals surface area (Å²) in [6.45, 7) is 1.23. The number of amides is 1. The van der Waals surface area contributed by atoms with Crippen molar-refractivity contribution in [2.45, 2.75) is 18.9 Å². The minimum Gasteiger partial charge on any atom is -0.376 e. The highest BCUT2D eigenvalue weighted by molar-refractivity contribution is 5.97. The van der Waals surface area contributed by atoms with Gasteiger partial charge in [0, 0.05) is 24.8 Å². The van der Waals surface area contributed by atoms with Crippen molar-refractivity contribution in [2.24, 2.45) is 0 Å². The van der Waals surface area contributed by atoms with Gasteiger partial charge in [0.1, 0.15) is 6.33 Å². The van der Waals surface area contributed by atoms with Gasteiger partial charge in [-0.3, -0.25) is 9.36 Å². The van der Waals surface area contributed by atoms with Gasteiger partial charge in [-0.1, -0.05) is 0 Å². The summed E-state index contributed by atoms with van der Waals surface area (Å²) >= 11 is 0. The van der Waals surface area contributed by atoms with Crippen LogP contribution < -0.4 is 5.32 Å². The third kappa shape index (κ3) is 3.17. The number of nitrogens with zero attached hydrogens (tertiary/aromatic N) is 2. The first-order valence-corrected chi connectivity index (χ1v) is 8.44. The van der Waals surface area contributed by atoms with Gasteiger partial charge in [-0.15, -0.1) is 0 Å². The molecule has 1 aliphatic rings. The van der Waals surface area contributed by atoms with Crippen LogP contribution in [0.15, 0.2) is 42.7 Å². The Balaban J connectivity index is 1.56. The molecule has 4 rings (SSSR count). The maximum atomic E-state index is 13.5. The van der Waals surface area contributed by atoms with Gasteiger partial charge in [0.15, 0.2) is 11.6 Å². The van der Waals surface area contributed by atoms with E-state index >= 15 is 0 Å². The lowest BCUT2D eigenvalue weighted by Gasteiger charge is -2.11. The van der Waals surface area contributed by atoms with Crippen molar-refractivity contribution >= 4 is 16.9 Å². The predicted molar refractivity (Wildman–Crippen MR) is 92.3 cm³/mol. The van der Waals surface area contributed by atoms with Crippen LogP contribution in [0.4, 0.5) is 8.78 Å². The van der Waals surface area contributed by atoms with Crippen LogP contribution in [0.5, 0.6) is 0 Å². The second kappa shape index (κ2) is 6.84. The normalized spacial score (nSPS) is 16.9. The molecule has 3 aromatic rings. The molecule has 1 N–H and O–H groups in total. The van der Waals surface area contributed by atoms with Crippen LogP contribution in [0.2, 0.25) is 0 Å². The monoisotopic (exact) mass is 357 g/mol. The predicted octanol–water partition coefficient (Wildman–Crippen LogP) is 3.21. The van der Waals surface area contributed by atoms with E-state index in [-0.39, 0.29) is 12.0 Å². The van der Waals surface area contributed by atoms with Crippen molar-refractivity contribution in [3.63, 3.8) is 0 Å². The van der Waals surface area contributed by atoms with E-state index in [0.717, 1.165) is 31.6 Å². The second-order valence-corrected chi connectivity index (χ2v) is 6.26. The van der Waals surface area contributed by atoms with Crippen LogP contribution >= 0.6 is 0 Å². The lowest BCUT2D eigenvalue weighted by Crippen LogP contribution is -2.31. The van der Waals surface area contributed by atoms with Gasteiger partial charge in [-0.2, -0.15) is 0 Å². The molecule has 0 aliphatic carbocycles. The Labute approximate surface area is 148 Å². The molecule has 5 nitrogen and oxygen atoms in total. The van der Waals surface area contributed by atoms with Crippen LogP contribution in [0.3, 0.4) is 0 Å². The average Bonchev–Trinajstić information content (AvgIpc) is 3.31.